The van der Waals surface area contributed by atoms with E-state index < -0.39 is 21.0 Å². The molecule has 0 bridgehead atoms. The van der Waals surface area contributed by atoms with Gasteiger partial charge in [0.2, 0.25) is 5.91 Å². The Labute approximate surface area is 142 Å². The van der Waals surface area contributed by atoms with Crippen molar-refractivity contribution in [1.82, 2.24) is 5.32 Å². The number of hydrogen-bond acceptors (Lipinski definition) is 4. The van der Waals surface area contributed by atoms with Crippen LogP contribution in [0.4, 0.5) is 0 Å². The first-order chi connectivity index (χ1) is 11.3. The van der Waals surface area contributed by atoms with Crippen molar-refractivity contribution < 1.29 is 17.9 Å². The zero-order valence-electron chi connectivity index (χ0n) is 13.9. The van der Waals surface area contributed by atoms with E-state index in [1.807, 2.05) is 54.6 Å². The maximum Gasteiger partial charge on any atom is 0.238 e. The molecule has 1 N–H and O–H groups in total. The molecular weight excluding hydrogens is 326 g/mol. The molecule has 2 aromatic rings. The van der Waals surface area contributed by atoms with Crippen molar-refractivity contribution in [2.45, 2.75) is 25.1 Å². The van der Waals surface area contributed by atoms with Gasteiger partial charge in [0, 0.05) is 6.26 Å². The highest BCUT2D eigenvalue weighted by Crippen LogP contribution is 2.23. The van der Waals surface area contributed by atoms with Crippen LogP contribution < -0.4 is 10.1 Å². The van der Waals surface area contributed by atoms with Crippen LogP contribution in [0.25, 0.3) is 0 Å². The van der Waals surface area contributed by atoms with Crippen LogP contribution >= 0.6 is 0 Å². The van der Waals surface area contributed by atoms with Crippen molar-refractivity contribution in [2.24, 2.45) is 0 Å². The minimum Gasteiger partial charge on any atom is -0.457 e. The first kappa shape index (κ1) is 18.0. The second-order valence-corrected chi connectivity index (χ2v) is 8.05. The van der Waals surface area contributed by atoms with E-state index in [9.17, 15) is 13.2 Å². The number of rotatable bonds is 6. The minimum atomic E-state index is -3.40. The number of amides is 1. The third-order valence-corrected chi connectivity index (χ3v) is 5.23. The summed E-state index contributed by atoms with van der Waals surface area (Å²) in [5.74, 6) is 0.927. The van der Waals surface area contributed by atoms with Crippen molar-refractivity contribution >= 4 is 15.7 Å². The number of carbonyl (C=O) groups is 1. The lowest BCUT2D eigenvalue weighted by atomic mass is 10.1. The zero-order chi connectivity index (χ0) is 17.7. The molecule has 0 radical (unpaired) electrons. The molecule has 24 heavy (non-hydrogen) atoms. The highest BCUT2D eigenvalue weighted by atomic mass is 32.2. The topological polar surface area (TPSA) is 72.5 Å². The molecule has 1 amide bonds. The molecule has 0 aliphatic carbocycles. The molecule has 2 atom stereocenters. The number of nitrogens with one attached hydrogen (secondary N) is 1. The van der Waals surface area contributed by atoms with Gasteiger partial charge in [-0.05, 0) is 43.7 Å². The predicted molar refractivity (Wildman–Crippen MR) is 93.8 cm³/mol. The zero-order valence-corrected chi connectivity index (χ0v) is 14.7. The SMILES string of the molecule is CC(NC(=O)C(C)S(C)(=O)=O)c1ccc(Oc2ccccc2)cc1. The van der Waals surface area contributed by atoms with E-state index in [0.717, 1.165) is 17.6 Å². The van der Waals surface area contributed by atoms with E-state index in [2.05, 4.69) is 5.32 Å². The normalized spacial score (nSPS) is 13.8. The van der Waals surface area contributed by atoms with Crippen LogP contribution in [0, 0.1) is 0 Å². The lowest BCUT2D eigenvalue weighted by Gasteiger charge is -2.17. The van der Waals surface area contributed by atoms with Gasteiger partial charge in [-0.3, -0.25) is 4.79 Å². The third-order valence-electron chi connectivity index (χ3n) is 3.73. The number of carbonyl (C=O) groups excluding carboxylic acids is 1. The van der Waals surface area contributed by atoms with Crippen molar-refractivity contribution in [3.8, 4) is 11.5 Å². The molecule has 0 spiro atoms. The first-order valence-corrected chi connectivity index (χ1v) is 9.55. The quantitative estimate of drug-likeness (QED) is 0.871. The molecule has 0 aliphatic rings. The molecule has 0 heterocycles. The Morgan fingerprint density at radius 2 is 1.50 bits per heavy atom. The maximum atomic E-state index is 12.0. The Morgan fingerprint density at radius 3 is 2.04 bits per heavy atom. The van der Waals surface area contributed by atoms with Gasteiger partial charge >= 0.3 is 0 Å². The summed E-state index contributed by atoms with van der Waals surface area (Å²) < 4.78 is 28.6. The largest absolute Gasteiger partial charge is 0.457 e. The fourth-order valence-corrected chi connectivity index (χ4v) is 2.51. The average Bonchev–Trinajstić information content (AvgIpc) is 2.54. The highest BCUT2D eigenvalue weighted by molar-refractivity contribution is 7.92. The Morgan fingerprint density at radius 1 is 0.958 bits per heavy atom. The van der Waals surface area contributed by atoms with Gasteiger partial charge in [-0.25, -0.2) is 8.42 Å². The Kier molecular flexibility index (Phi) is 5.62. The molecule has 6 heteroatoms. The van der Waals surface area contributed by atoms with Crippen LogP contribution in [0.5, 0.6) is 11.5 Å². The second kappa shape index (κ2) is 7.49. The van der Waals surface area contributed by atoms with Crippen LogP contribution in [0.3, 0.4) is 0 Å². The molecule has 0 saturated carbocycles. The van der Waals surface area contributed by atoms with E-state index >= 15 is 0 Å². The molecule has 5 nitrogen and oxygen atoms in total. The van der Waals surface area contributed by atoms with Gasteiger partial charge in [0.1, 0.15) is 16.7 Å². The molecule has 0 saturated heterocycles. The number of benzene rings is 2. The summed E-state index contributed by atoms with van der Waals surface area (Å²) in [5, 5.41) is 1.64. The Balaban J connectivity index is 2.01. The molecule has 0 fully saturated rings. The summed E-state index contributed by atoms with van der Waals surface area (Å²) >= 11 is 0. The van der Waals surface area contributed by atoms with Gasteiger partial charge in [0.05, 0.1) is 6.04 Å². The lowest BCUT2D eigenvalue weighted by molar-refractivity contribution is -0.121. The summed E-state index contributed by atoms with van der Waals surface area (Å²) in [6.45, 7) is 3.19. The van der Waals surface area contributed by atoms with Gasteiger partial charge < -0.3 is 10.1 Å². The Bertz CT molecular complexity index is 786. The summed E-state index contributed by atoms with van der Waals surface area (Å²) in [6, 6.07) is 16.4. The smallest absolute Gasteiger partial charge is 0.238 e. The number of sulfone groups is 1. The fourth-order valence-electron chi connectivity index (χ4n) is 2.06. The molecule has 2 rings (SSSR count). The van der Waals surface area contributed by atoms with Gasteiger partial charge in [0.15, 0.2) is 9.84 Å². The van der Waals surface area contributed by atoms with E-state index in [4.69, 9.17) is 4.74 Å². The van der Waals surface area contributed by atoms with Crippen LogP contribution in [0.2, 0.25) is 0 Å². The van der Waals surface area contributed by atoms with Crippen molar-refractivity contribution in [1.29, 1.82) is 0 Å². The predicted octanol–water partition coefficient (Wildman–Crippen LogP) is 3.09. The fraction of sp³-hybridized carbons (Fsp3) is 0.278. The van der Waals surface area contributed by atoms with Gasteiger partial charge in [0.25, 0.3) is 0 Å². The van der Waals surface area contributed by atoms with Crippen LogP contribution in [0.1, 0.15) is 25.5 Å². The number of hydrogen-bond donors (Lipinski definition) is 1. The van der Waals surface area contributed by atoms with Crippen LogP contribution in [0.15, 0.2) is 54.6 Å². The Hall–Kier alpha value is -2.34. The van der Waals surface area contributed by atoms with Crippen molar-refractivity contribution in [3.63, 3.8) is 0 Å². The van der Waals surface area contributed by atoms with Gasteiger partial charge in [-0.2, -0.15) is 0 Å². The van der Waals surface area contributed by atoms with Crippen LogP contribution in [-0.2, 0) is 14.6 Å². The van der Waals surface area contributed by atoms with E-state index in [1.54, 1.807) is 6.92 Å². The lowest BCUT2D eigenvalue weighted by Crippen LogP contribution is -2.38. The van der Waals surface area contributed by atoms with E-state index in [1.165, 1.54) is 6.92 Å². The summed E-state index contributed by atoms with van der Waals surface area (Å²) in [4.78, 5) is 12.0. The molecule has 0 aliphatic heterocycles. The number of para-hydroxylation sites is 1. The standard InChI is InChI=1S/C18H21NO4S/c1-13(19-18(20)14(2)24(3,21)22)15-9-11-17(12-10-15)23-16-7-5-4-6-8-16/h4-14H,1-3H3,(H,19,20). The minimum absolute atomic E-state index is 0.299. The van der Waals surface area contributed by atoms with E-state index in [0.29, 0.717) is 5.75 Å². The molecule has 2 aromatic carbocycles. The third kappa shape index (κ3) is 4.83. The molecule has 2 unspecified atom stereocenters. The van der Waals surface area contributed by atoms with Crippen LogP contribution in [-0.4, -0.2) is 25.8 Å². The second-order valence-electron chi connectivity index (χ2n) is 5.69. The summed E-state index contributed by atoms with van der Waals surface area (Å²) in [5.41, 5.74) is 0.865. The number of ether oxygens (including phenoxy) is 1. The average molecular weight is 347 g/mol. The summed E-state index contributed by atoms with van der Waals surface area (Å²) in [6.07, 6.45) is 1.05. The van der Waals surface area contributed by atoms with Crippen molar-refractivity contribution in [3.05, 3.63) is 60.2 Å². The van der Waals surface area contributed by atoms with Gasteiger partial charge in [-0.15, -0.1) is 0 Å². The summed E-state index contributed by atoms with van der Waals surface area (Å²) in [7, 11) is -3.40. The monoisotopic (exact) mass is 347 g/mol. The molecule has 0 aromatic heterocycles. The van der Waals surface area contributed by atoms with Crippen molar-refractivity contribution in [2.75, 3.05) is 6.26 Å². The molecule has 128 valence electrons. The molecular formula is C18H21NO4S. The first-order valence-electron chi connectivity index (χ1n) is 7.59. The maximum absolute atomic E-state index is 12.0. The highest BCUT2D eigenvalue weighted by Gasteiger charge is 2.24. The van der Waals surface area contributed by atoms with E-state index in [-0.39, 0.29) is 6.04 Å². The van der Waals surface area contributed by atoms with Gasteiger partial charge in [-0.1, -0.05) is 30.3 Å².